The van der Waals surface area contributed by atoms with Crippen molar-refractivity contribution in [1.29, 1.82) is 0 Å². The van der Waals surface area contributed by atoms with Crippen molar-refractivity contribution in [2.75, 3.05) is 25.1 Å². The number of carbonyl (C=O) groups excluding carboxylic acids is 1. The standard InChI is InChI=1S/C29H29N5O7S/c1-20-16-22(21(2)33(20)23-10-6-5-7-11-23)18-30-31-29(35)19-32(25-15-14-24(40-3)17-27(25)41-4)42(38,39)28-13-9-8-12-26(28)34(36)37/h5-18H,19H2,1-4H3,(H,31,35)/b30-18+. The number of nitrogens with zero attached hydrogens (tertiary/aromatic N) is 4. The van der Waals surface area contributed by atoms with E-state index >= 15 is 0 Å². The summed E-state index contributed by atoms with van der Waals surface area (Å²) in [5, 5.41) is 15.7. The van der Waals surface area contributed by atoms with Crippen molar-refractivity contribution in [3.63, 3.8) is 0 Å². The Balaban J connectivity index is 1.66. The quantitative estimate of drug-likeness (QED) is 0.155. The topological polar surface area (TPSA) is 145 Å². The molecule has 42 heavy (non-hydrogen) atoms. The van der Waals surface area contributed by atoms with Crippen molar-refractivity contribution in [3.8, 4) is 17.2 Å². The van der Waals surface area contributed by atoms with Gasteiger partial charge in [-0.2, -0.15) is 5.10 Å². The number of aryl methyl sites for hydroxylation is 1. The molecule has 4 aromatic rings. The molecule has 0 bridgehead atoms. The molecule has 0 fully saturated rings. The maximum atomic E-state index is 13.8. The number of nitro benzene ring substituents is 1. The summed E-state index contributed by atoms with van der Waals surface area (Å²) in [7, 11) is -1.89. The highest BCUT2D eigenvalue weighted by molar-refractivity contribution is 7.93. The highest BCUT2D eigenvalue weighted by Gasteiger charge is 2.34. The van der Waals surface area contributed by atoms with Gasteiger partial charge < -0.3 is 14.0 Å². The number of benzene rings is 3. The van der Waals surface area contributed by atoms with Gasteiger partial charge in [0.25, 0.3) is 21.6 Å². The third-order valence-corrected chi connectivity index (χ3v) is 8.26. The number of anilines is 1. The van der Waals surface area contributed by atoms with Gasteiger partial charge in [0.1, 0.15) is 18.0 Å². The minimum Gasteiger partial charge on any atom is -0.497 e. The summed E-state index contributed by atoms with van der Waals surface area (Å²) in [4.78, 5) is 23.4. The second kappa shape index (κ2) is 12.6. The van der Waals surface area contributed by atoms with Gasteiger partial charge in [-0.25, -0.2) is 13.8 Å². The predicted octanol–water partition coefficient (Wildman–Crippen LogP) is 4.37. The summed E-state index contributed by atoms with van der Waals surface area (Å²) in [5.74, 6) is -0.342. The molecule has 0 saturated heterocycles. The second-order valence-electron chi connectivity index (χ2n) is 9.06. The first-order valence-electron chi connectivity index (χ1n) is 12.6. The van der Waals surface area contributed by atoms with Gasteiger partial charge in [0.05, 0.1) is 31.0 Å². The van der Waals surface area contributed by atoms with E-state index in [9.17, 15) is 23.3 Å². The van der Waals surface area contributed by atoms with E-state index in [1.807, 2.05) is 54.8 Å². The Labute approximate surface area is 243 Å². The molecule has 13 heteroatoms. The van der Waals surface area contributed by atoms with Gasteiger partial charge >= 0.3 is 0 Å². The molecule has 3 aromatic carbocycles. The second-order valence-corrected chi connectivity index (χ2v) is 10.9. The van der Waals surface area contributed by atoms with E-state index in [1.165, 1.54) is 50.8 Å². The van der Waals surface area contributed by atoms with Crippen LogP contribution in [0.1, 0.15) is 17.0 Å². The number of sulfonamides is 1. The van der Waals surface area contributed by atoms with Gasteiger partial charge in [0, 0.05) is 34.8 Å². The first-order valence-corrected chi connectivity index (χ1v) is 14.1. The largest absolute Gasteiger partial charge is 0.497 e. The van der Waals surface area contributed by atoms with E-state index < -0.39 is 38.0 Å². The molecule has 0 unspecified atom stereocenters. The van der Waals surface area contributed by atoms with Gasteiger partial charge in [-0.3, -0.25) is 19.2 Å². The number of ether oxygens (including phenoxy) is 2. The molecule has 0 atom stereocenters. The fourth-order valence-electron chi connectivity index (χ4n) is 4.47. The lowest BCUT2D eigenvalue weighted by Gasteiger charge is -2.25. The molecule has 0 aliphatic carbocycles. The Morgan fingerprint density at radius 1 is 1.02 bits per heavy atom. The zero-order chi connectivity index (χ0) is 30.4. The summed E-state index contributed by atoms with van der Waals surface area (Å²) >= 11 is 0. The Kier molecular flexibility index (Phi) is 8.91. The SMILES string of the molecule is COc1ccc(N(CC(=O)N/N=C/c2cc(C)n(-c3ccccc3)c2C)S(=O)(=O)c2ccccc2[N+](=O)[O-])c(OC)c1. The van der Waals surface area contributed by atoms with Gasteiger partial charge in [-0.15, -0.1) is 0 Å². The van der Waals surface area contributed by atoms with Gasteiger partial charge in [-0.1, -0.05) is 30.3 Å². The number of aromatic nitrogens is 1. The first kappa shape index (κ1) is 29.8. The van der Waals surface area contributed by atoms with Gasteiger partial charge in [0.2, 0.25) is 0 Å². The number of nitrogens with one attached hydrogen (secondary N) is 1. The van der Waals surface area contributed by atoms with Crippen LogP contribution in [0.2, 0.25) is 0 Å². The van der Waals surface area contributed by atoms with E-state index in [0.29, 0.717) is 5.75 Å². The molecule has 12 nitrogen and oxygen atoms in total. The van der Waals surface area contributed by atoms with Crippen LogP contribution in [0.5, 0.6) is 11.5 Å². The number of rotatable bonds is 11. The van der Waals surface area contributed by atoms with Crippen molar-refractivity contribution in [3.05, 3.63) is 106 Å². The lowest BCUT2D eigenvalue weighted by atomic mass is 10.2. The third-order valence-electron chi connectivity index (χ3n) is 6.45. The Hall–Kier alpha value is -5.17. The molecule has 1 N–H and O–H groups in total. The molecule has 0 aliphatic rings. The molecular formula is C29H29N5O7S. The van der Waals surface area contributed by atoms with Gasteiger partial charge in [0.15, 0.2) is 4.90 Å². The van der Waals surface area contributed by atoms with Crippen molar-refractivity contribution in [2.24, 2.45) is 5.10 Å². The van der Waals surface area contributed by atoms with Crippen LogP contribution in [0.15, 0.2) is 88.9 Å². The maximum Gasteiger partial charge on any atom is 0.289 e. The molecule has 1 heterocycles. The van der Waals surface area contributed by atoms with E-state index in [2.05, 4.69) is 10.5 Å². The van der Waals surface area contributed by atoms with Crippen LogP contribution in [-0.2, 0) is 14.8 Å². The molecule has 218 valence electrons. The summed E-state index contributed by atoms with van der Waals surface area (Å²) in [5.41, 5.74) is 5.27. The highest BCUT2D eigenvalue weighted by atomic mass is 32.2. The van der Waals surface area contributed by atoms with E-state index in [1.54, 1.807) is 0 Å². The van der Waals surface area contributed by atoms with Crippen molar-refractivity contribution >= 4 is 33.5 Å². The lowest BCUT2D eigenvalue weighted by Crippen LogP contribution is -2.40. The third kappa shape index (κ3) is 6.10. The molecule has 0 aliphatic heterocycles. The lowest BCUT2D eigenvalue weighted by molar-refractivity contribution is -0.387. The fourth-order valence-corrected chi connectivity index (χ4v) is 6.06. The van der Waals surface area contributed by atoms with Crippen molar-refractivity contribution in [2.45, 2.75) is 18.7 Å². The van der Waals surface area contributed by atoms with E-state index in [4.69, 9.17) is 9.47 Å². The van der Waals surface area contributed by atoms with Crippen LogP contribution in [-0.4, -0.2) is 50.8 Å². The zero-order valence-corrected chi connectivity index (χ0v) is 24.2. The Bertz CT molecular complexity index is 1750. The minimum absolute atomic E-state index is 0.0259. The summed E-state index contributed by atoms with van der Waals surface area (Å²) in [6.45, 7) is 3.11. The fraction of sp³-hybridized carbons (Fsp3) is 0.172. The number of hydrazone groups is 1. The Morgan fingerprint density at radius 3 is 2.38 bits per heavy atom. The first-order chi connectivity index (χ1) is 20.1. The monoisotopic (exact) mass is 591 g/mol. The smallest absolute Gasteiger partial charge is 0.289 e. The van der Waals surface area contributed by atoms with Crippen molar-refractivity contribution in [1.82, 2.24) is 9.99 Å². The number of hydrogen-bond donors (Lipinski definition) is 1. The normalized spacial score (nSPS) is 11.3. The predicted molar refractivity (Wildman–Crippen MR) is 158 cm³/mol. The van der Waals surface area contributed by atoms with Crippen LogP contribution in [0.3, 0.4) is 0 Å². The summed E-state index contributed by atoms with van der Waals surface area (Å²) in [6.07, 6.45) is 1.47. The van der Waals surface area contributed by atoms with Crippen LogP contribution >= 0.6 is 0 Å². The van der Waals surface area contributed by atoms with E-state index in [-0.39, 0.29) is 11.4 Å². The summed E-state index contributed by atoms with van der Waals surface area (Å²) in [6, 6.07) is 20.9. The number of hydrogen-bond acceptors (Lipinski definition) is 8. The number of methoxy groups -OCH3 is 2. The van der Waals surface area contributed by atoms with Crippen LogP contribution in [0.4, 0.5) is 11.4 Å². The van der Waals surface area contributed by atoms with E-state index in [0.717, 1.165) is 39.1 Å². The molecule has 1 amide bonds. The maximum absolute atomic E-state index is 13.8. The summed E-state index contributed by atoms with van der Waals surface area (Å²) < 4.78 is 41.0. The molecule has 0 spiro atoms. The minimum atomic E-state index is -4.64. The van der Waals surface area contributed by atoms with Crippen LogP contribution < -0.4 is 19.2 Å². The average molecular weight is 592 g/mol. The molecular weight excluding hydrogens is 562 g/mol. The molecule has 0 saturated carbocycles. The molecule has 4 rings (SSSR count). The average Bonchev–Trinajstić information content (AvgIpc) is 3.28. The number of nitro groups is 1. The number of carbonyl (C=O) groups is 1. The molecule has 0 radical (unpaired) electrons. The number of para-hydroxylation sites is 2. The van der Waals surface area contributed by atoms with Crippen LogP contribution in [0.25, 0.3) is 5.69 Å². The molecule has 1 aromatic heterocycles. The van der Waals surface area contributed by atoms with Gasteiger partial charge in [-0.05, 0) is 50.2 Å². The van der Waals surface area contributed by atoms with Crippen molar-refractivity contribution < 1.29 is 27.6 Å². The Morgan fingerprint density at radius 2 is 1.71 bits per heavy atom. The highest BCUT2D eigenvalue weighted by Crippen LogP contribution is 2.37. The van der Waals surface area contributed by atoms with Crippen LogP contribution in [0, 0.1) is 24.0 Å². The zero-order valence-electron chi connectivity index (χ0n) is 23.3. The number of amides is 1.